The van der Waals surface area contributed by atoms with Crippen LogP contribution in [0.4, 0.5) is 0 Å². The lowest BCUT2D eigenvalue weighted by Gasteiger charge is -2.18. The van der Waals surface area contributed by atoms with Crippen LogP contribution in [-0.4, -0.2) is 22.7 Å². The van der Waals surface area contributed by atoms with Crippen molar-refractivity contribution in [1.29, 1.82) is 0 Å². The highest BCUT2D eigenvalue weighted by atomic mass is 32.1. The zero-order valence-electron chi connectivity index (χ0n) is 12.1. The van der Waals surface area contributed by atoms with Gasteiger partial charge in [0, 0.05) is 17.6 Å². The smallest absolute Gasteiger partial charge is 0.109 e. The summed E-state index contributed by atoms with van der Waals surface area (Å²) in [7, 11) is 0. The average molecular weight is 282 g/mol. The van der Waals surface area contributed by atoms with E-state index in [1.807, 2.05) is 6.20 Å². The molecule has 108 valence electrons. The van der Waals surface area contributed by atoms with Crippen LogP contribution in [0.5, 0.6) is 0 Å². The van der Waals surface area contributed by atoms with E-state index in [2.05, 4.69) is 24.1 Å². The first-order valence-corrected chi connectivity index (χ1v) is 8.36. The van der Waals surface area contributed by atoms with Crippen LogP contribution in [0.1, 0.15) is 61.9 Å². The summed E-state index contributed by atoms with van der Waals surface area (Å²) in [4.78, 5) is 5.77. The van der Waals surface area contributed by atoms with Crippen molar-refractivity contribution in [1.82, 2.24) is 10.3 Å². The van der Waals surface area contributed by atoms with E-state index in [9.17, 15) is 5.11 Å². The number of aryl methyl sites for hydroxylation is 1. The van der Waals surface area contributed by atoms with Gasteiger partial charge in [-0.05, 0) is 25.7 Å². The molecule has 0 aromatic carbocycles. The molecule has 0 amide bonds. The van der Waals surface area contributed by atoms with Crippen molar-refractivity contribution in [3.05, 3.63) is 16.1 Å². The Morgan fingerprint density at radius 1 is 1.47 bits per heavy atom. The number of hydrogen-bond donors (Lipinski definition) is 2. The third-order valence-corrected chi connectivity index (χ3v) is 5.35. The van der Waals surface area contributed by atoms with Crippen LogP contribution >= 0.6 is 11.3 Å². The van der Waals surface area contributed by atoms with Gasteiger partial charge in [-0.25, -0.2) is 4.98 Å². The third kappa shape index (κ3) is 4.55. The van der Waals surface area contributed by atoms with E-state index in [4.69, 9.17) is 0 Å². The van der Waals surface area contributed by atoms with Crippen LogP contribution < -0.4 is 5.32 Å². The minimum atomic E-state index is -0.212. The molecule has 1 heterocycles. The number of hydrogen-bond acceptors (Lipinski definition) is 4. The number of aromatic nitrogens is 1. The zero-order valence-corrected chi connectivity index (χ0v) is 12.9. The van der Waals surface area contributed by atoms with Gasteiger partial charge in [-0.3, -0.25) is 0 Å². The van der Waals surface area contributed by atoms with Crippen molar-refractivity contribution in [2.75, 3.05) is 6.54 Å². The molecule has 1 fully saturated rings. The van der Waals surface area contributed by atoms with E-state index >= 15 is 0 Å². The molecule has 0 radical (unpaired) electrons. The van der Waals surface area contributed by atoms with Gasteiger partial charge in [0.2, 0.25) is 0 Å². The molecule has 2 unspecified atom stereocenters. The van der Waals surface area contributed by atoms with E-state index in [0.29, 0.717) is 6.54 Å². The molecule has 1 aromatic heterocycles. The minimum Gasteiger partial charge on any atom is -0.392 e. The van der Waals surface area contributed by atoms with Crippen molar-refractivity contribution in [2.24, 2.45) is 5.92 Å². The summed E-state index contributed by atoms with van der Waals surface area (Å²) in [6.45, 7) is 4.96. The monoisotopic (exact) mass is 282 g/mol. The molecule has 19 heavy (non-hydrogen) atoms. The number of rotatable bonds is 7. The van der Waals surface area contributed by atoms with E-state index in [1.165, 1.54) is 30.6 Å². The molecule has 2 N–H and O–H groups in total. The van der Waals surface area contributed by atoms with Gasteiger partial charge >= 0.3 is 0 Å². The van der Waals surface area contributed by atoms with E-state index < -0.39 is 0 Å². The number of nitrogens with zero attached hydrogens (tertiary/aromatic N) is 1. The van der Waals surface area contributed by atoms with Crippen LogP contribution in [0.15, 0.2) is 6.20 Å². The van der Waals surface area contributed by atoms with E-state index in [1.54, 1.807) is 11.3 Å². The standard InChI is InChI=1S/C15H26N2OS/c1-3-14-10-17-15(19-14)11(2)16-9-13(18)8-12-6-4-5-7-12/h10-13,16,18H,3-9H2,1-2H3. The van der Waals surface area contributed by atoms with Gasteiger partial charge in [0.05, 0.1) is 12.1 Å². The maximum absolute atomic E-state index is 10.1. The zero-order chi connectivity index (χ0) is 13.7. The Labute approximate surface area is 120 Å². The summed E-state index contributed by atoms with van der Waals surface area (Å²) in [5, 5.41) is 14.6. The van der Waals surface area contributed by atoms with Gasteiger partial charge in [0.1, 0.15) is 5.01 Å². The van der Waals surface area contributed by atoms with E-state index in [0.717, 1.165) is 23.8 Å². The SMILES string of the molecule is CCc1cnc(C(C)NCC(O)CC2CCCC2)s1. The normalized spacial score (nSPS) is 19.7. The fraction of sp³-hybridized carbons (Fsp3) is 0.800. The highest BCUT2D eigenvalue weighted by Gasteiger charge is 2.19. The lowest BCUT2D eigenvalue weighted by atomic mass is 10.00. The molecule has 3 nitrogen and oxygen atoms in total. The Balaban J connectivity index is 1.71. The average Bonchev–Trinajstić information content (AvgIpc) is 3.06. The summed E-state index contributed by atoms with van der Waals surface area (Å²) < 4.78 is 0. The van der Waals surface area contributed by atoms with Gasteiger partial charge < -0.3 is 10.4 Å². The lowest BCUT2D eigenvalue weighted by molar-refractivity contribution is 0.137. The van der Waals surface area contributed by atoms with Crippen LogP contribution in [0.3, 0.4) is 0 Å². The molecule has 0 saturated heterocycles. The van der Waals surface area contributed by atoms with Crippen LogP contribution in [0, 0.1) is 5.92 Å². The Morgan fingerprint density at radius 2 is 2.21 bits per heavy atom. The summed E-state index contributed by atoms with van der Waals surface area (Å²) in [6.07, 6.45) is 9.06. The number of aliphatic hydroxyl groups excluding tert-OH is 1. The molecule has 4 heteroatoms. The highest BCUT2D eigenvalue weighted by molar-refractivity contribution is 7.11. The first-order chi connectivity index (χ1) is 9.19. The second-order valence-electron chi connectivity index (χ2n) is 5.69. The molecular weight excluding hydrogens is 256 g/mol. The van der Waals surface area contributed by atoms with Crippen LogP contribution in [0.2, 0.25) is 0 Å². The number of aliphatic hydroxyl groups is 1. The molecule has 0 aliphatic heterocycles. The van der Waals surface area contributed by atoms with Crippen molar-refractivity contribution in [3.8, 4) is 0 Å². The first kappa shape index (κ1) is 14.9. The van der Waals surface area contributed by atoms with Gasteiger partial charge in [0.15, 0.2) is 0 Å². The lowest BCUT2D eigenvalue weighted by Crippen LogP contribution is -2.30. The fourth-order valence-electron chi connectivity index (χ4n) is 2.80. The highest BCUT2D eigenvalue weighted by Crippen LogP contribution is 2.28. The maximum Gasteiger partial charge on any atom is 0.109 e. The Kier molecular flexibility index (Phi) is 5.79. The second-order valence-corrected chi connectivity index (χ2v) is 6.84. The molecule has 1 aromatic rings. The Bertz CT molecular complexity index is 374. The topological polar surface area (TPSA) is 45.2 Å². The molecule has 2 atom stereocenters. The molecule has 0 spiro atoms. The minimum absolute atomic E-state index is 0.212. The summed E-state index contributed by atoms with van der Waals surface area (Å²) >= 11 is 1.77. The van der Waals surface area contributed by atoms with Crippen molar-refractivity contribution < 1.29 is 5.11 Å². The van der Waals surface area contributed by atoms with Gasteiger partial charge in [-0.2, -0.15) is 0 Å². The maximum atomic E-state index is 10.1. The van der Waals surface area contributed by atoms with Crippen molar-refractivity contribution in [3.63, 3.8) is 0 Å². The second kappa shape index (κ2) is 7.36. The largest absolute Gasteiger partial charge is 0.392 e. The molecular formula is C15H26N2OS. The summed E-state index contributed by atoms with van der Waals surface area (Å²) in [5.74, 6) is 0.749. The Hall–Kier alpha value is -0.450. The summed E-state index contributed by atoms with van der Waals surface area (Å²) in [5.41, 5.74) is 0. The van der Waals surface area contributed by atoms with Crippen LogP contribution in [0.25, 0.3) is 0 Å². The first-order valence-electron chi connectivity index (χ1n) is 7.55. The molecule has 1 aliphatic carbocycles. The molecule has 2 rings (SSSR count). The summed E-state index contributed by atoms with van der Waals surface area (Å²) in [6, 6.07) is 0.239. The van der Waals surface area contributed by atoms with Crippen molar-refractivity contribution >= 4 is 11.3 Å². The van der Waals surface area contributed by atoms with Crippen molar-refractivity contribution in [2.45, 2.75) is 64.5 Å². The molecule has 1 saturated carbocycles. The quantitative estimate of drug-likeness (QED) is 0.806. The fourth-order valence-corrected chi connectivity index (χ4v) is 3.68. The van der Waals surface area contributed by atoms with Gasteiger partial charge in [0.25, 0.3) is 0 Å². The van der Waals surface area contributed by atoms with E-state index in [-0.39, 0.29) is 12.1 Å². The predicted octanol–water partition coefficient (Wildman–Crippen LogP) is 3.30. The van der Waals surface area contributed by atoms with Crippen LogP contribution in [-0.2, 0) is 6.42 Å². The number of thiazole rings is 1. The van der Waals surface area contributed by atoms with Gasteiger partial charge in [-0.1, -0.05) is 32.6 Å². The molecule has 1 aliphatic rings. The third-order valence-electron chi connectivity index (χ3n) is 4.03. The molecule has 0 bridgehead atoms. The Morgan fingerprint density at radius 3 is 2.84 bits per heavy atom. The number of nitrogens with one attached hydrogen (secondary N) is 1. The van der Waals surface area contributed by atoms with Gasteiger partial charge in [-0.15, -0.1) is 11.3 Å². The predicted molar refractivity (Wildman–Crippen MR) is 80.5 cm³/mol.